The van der Waals surface area contributed by atoms with Crippen LogP contribution in [0.15, 0.2) is 48.5 Å². The summed E-state index contributed by atoms with van der Waals surface area (Å²) in [5.41, 5.74) is 0.724. The minimum absolute atomic E-state index is 0.0830. The van der Waals surface area contributed by atoms with E-state index in [4.69, 9.17) is 9.47 Å². The Bertz CT molecular complexity index is 926. The zero-order chi connectivity index (χ0) is 21.1. The zero-order valence-corrected chi connectivity index (χ0v) is 16.9. The van der Waals surface area contributed by atoms with E-state index in [9.17, 15) is 14.9 Å². The number of piperidine rings is 1. The Hall–Kier alpha value is -3.29. The van der Waals surface area contributed by atoms with E-state index in [0.717, 1.165) is 5.75 Å². The van der Waals surface area contributed by atoms with Crippen LogP contribution in [0.25, 0.3) is 0 Å². The highest BCUT2D eigenvalue weighted by molar-refractivity contribution is 5.79. The van der Waals surface area contributed by atoms with Crippen molar-refractivity contribution < 1.29 is 19.2 Å². The lowest BCUT2D eigenvalue weighted by atomic mass is 9.94. The maximum absolute atomic E-state index is 12.9. The second-order valence-corrected chi connectivity index (χ2v) is 7.72. The molecule has 2 aliphatic heterocycles. The summed E-state index contributed by atoms with van der Waals surface area (Å²) in [7, 11) is 1.79. The summed E-state index contributed by atoms with van der Waals surface area (Å²) in [5, 5.41) is 11.3. The number of nitro benzene ring substituents is 1. The molecule has 0 aromatic heterocycles. The Kier molecular flexibility index (Phi) is 5.74. The number of nitro groups is 1. The first-order chi connectivity index (χ1) is 14.5. The van der Waals surface area contributed by atoms with Crippen LogP contribution >= 0.6 is 0 Å². The van der Waals surface area contributed by atoms with Gasteiger partial charge in [0.05, 0.1) is 11.5 Å². The van der Waals surface area contributed by atoms with E-state index < -0.39 is 0 Å². The van der Waals surface area contributed by atoms with Crippen LogP contribution in [0.1, 0.15) is 12.8 Å². The normalized spacial score (nSPS) is 18.7. The molecule has 2 aliphatic rings. The van der Waals surface area contributed by atoms with E-state index in [-0.39, 0.29) is 28.5 Å². The summed E-state index contributed by atoms with van der Waals surface area (Å²) in [4.78, 5) is 27.6. The molecule has 2 heterocycles. The quantitative estimate of drug-likeness (QED) is 0.555. The van der Waals surface area contributed by atoms with E-state index in [1.54, 1.807) is 30.1 Å². The molecule has 1 atom stereocenters. The Labute approximate surface area is 175 Å². The molecule has 0 saturated carbocycles. The number of fused-ring (bicyclic) bond motifs is 1. The minimum Gasteiger partial charge on any atom is -0.486 e. The summed E-state index contributed by atoms with van der Waals surface area (Å²) in [6.45, 7) is 2.10. The summed E-state index contributed by atoms with van der Waals surface area (Å²) >= 11 is 0. The van der Waals surface area contributed by atoms with E-state index in [0.29, 0.717) is 50.5 Å². The van der Waals surface area contributed by atoms with Gasteiger partial charge >= 0.3 is 0 Å². The maximum atomic E-state index is 12.9. The SMILES string of the molecule is CN(C[C@H]1COc2ccccc2O1)C(=O)C1CCN(c2ccccc2[N+](=O)[O-])CC1. The lowest BCUT2D eigenvalue weighted by Crippen LogP contribution is -2.46. The van der Waals surface area contributed by atoms with Gasteiger partial charge in [0.2, 0.25) is 5.91 Å². The molecule has 8 nitrogen and oxygen atoms in total. The zero-order valence-electron chi connectivity index (χ0n) is 16.9. The van der Waals surface area contributed by atoms with E-state index >= 15 is 0 Å². The van der Waals surface area contributed by atoms with Crippen molar-refractivity contribution in [3.63, 3.8) is 0 Å². The van der Waals surface area contributed by atoms with Crippen LogP contribution in [-0.2, 0) is 4.79 Å². The van der Waals surface area contributed by atoms with E-state index in [2.05, 4.69) is 0 Å². The summed E-state index contributed by atoms with van der Waals surface area (Å²) in [5.74, 6) is 1.42. The molecule has 0 radical (unpaired) electrons. The van der Waals surface area contributed by atoms with Crippen molar-refractivity contribution in [3.05, 3.63) is 58.6 Å². The van der Waals surface area contributed by atoms with Gasteiger partial charge in [-0.1, -0.05) is 24.3 Å². The number of hydrogen-bond donors (Lipinski definition) is 0. The van der Waals surface area contributed by atoms with Crippen LogP contribution in [0.3, 0.4) is 0 Å². The second-order valence-electron chi connectivity index (χ2n) is 7.72. The third kappa shape index (κ3) is 4.17. The first kappa shape index (κ1) is 20.0. The predicted molar refractivity (Wildman–Crippen MR) is 112 cm³/mol. The minimum atomic E-state index is -0.356. The van der Waals surface area contributed by atoms with Crippen molar-refractivity contribution in [2.75, 3.05) is 38.2 Å². The van der Waals surface area contributed by atoms with Gasteiger partial charge < -0.3 is 19.3 Å². The highest BCUT2D eigenvalue weighted by Gasteiger charge is 2.31. The number of para-hydroxylation sites is 4. The molecule has 0 bridgehead atoms. The number of benzene rings is 2. The van der Waals surface area contributed by atoms with Crippen molar-refractivity contribution in [3.8, 4) is 11.5 Å². The molecule has 0 aliphatic carbocycles. The van der Waals surface area contributed by atoms with Gasteiger partial charge in [-0.25, -0.2) is 0 Å². The van der Waals surface area contributed by atoms with E-state index in [1.807, 2.05) is 29.2 Å². The van der Waals surface area contributed by atoms with Crippen LogP contribution < -0.4 is 14.4 Å². The number of ether oxygens (including phenoxy) is 2. The van der Waals surface area contributed by atoms with Gasteiger partial charge in [-0.15, -0.1) is 0 Å². The van der Waals surface area contributed by atoms with Crippen molar-refractivity contribution in [2.45, 2.75) is 18.9 Å². The third-order valence-corrected chi connectivity index (χ3v) is 5.68. The Morgan fingerprint density at radius 3 is 2.53 bits per heavy atom. The van der Waals surface area contributed by atoms with Gasteiger partial charge in [-0.3, -0.25) is 14.9 Å². The number of rotatable bonds is 5. The Morgan fingerprint density at radius 2 is 1.80 bits per heavy atom. The maximum Gasteiger partial charge on any atom is 0.292 e. The average molecular weight is 411 g/mol. The van der Waals surface area contributed by atoms with Crippen molar-refractivity contribution >= 4 is 17.3 Å². The van der Waals surface area contributed by atoms with Crippen molar-refractivity contribution in [1.29, 1.82) is 0 Å². The van der Waals surface area contributed by atoms with Gasteiger partial charge in [0.25, 0.3) is 5.69 Å². The lowest BCUT2D eigenvalue weighted by Gasteiger charge is -2.35. The fourth-order valence-electron chi connectivity index (χ4n) is 4.11. The number of amides is 1. The van der Waals surface area contributed by atoms with Gasteiger partial charge in [0, 0.05) is 32.1 Å². The molecular formula is C22H25N3O5. The molecule has 0 spiro atoms. The number of anilines is 1. The van der Waals surface area contributed by atoms with Gasteiger partial charge in [-0.2, -0.15) is 0 Å². The monoisotopic (exact) mass is 411 g/mol. The topological polar surface area (TPSA) is 85.2 Å². The third-order valence-electron chi connectivity index (χ3n) is 5.68. The number of likely N-dealkylation sites (N-methyl/N-ethyl adjacent to an activating group) is 1. The van der Waals surface area contributed by atoms with Crippen LogP contribution in [0, 0.1) is 16.0 Å². The Morgan fingerprint density at radius 1 is 1.13 bits per heavy atom. The molecule has 4 rings (SSSR count). The first-order valence-corrected chi connectivity index (χ1v) is 10.1. The standard InChI is InChI=1S/C22H25N3O5/c1-23(14-17-15-29-20-8-4-5-9-21(20)30-17)22(26)16-10-12-24(13-11-16)18-6-2-3-7-19(18)25(27)28/h2-9,16-17H,10-15H2,1H3/t17-/m0/s1. The molecular weight excluding hydrogens is 386 g/mol. The van der Waals surface area contributed by atoms with Crippen LogP contribution in [0.5, 0.6) is 11.5 Å². The number of nitrogens with zero attached hydrogens (tertiary/aromatic N) is 3. The molecule has 158 valence electrons. The molecule has 0 unspecified atom stereocenters. The molecule has 1 amide bonds. The second kappa shape index (κ2) is 8.61. The van der Waals surface area contributed by atoms with Crippen LogP contribution in [0.4, 0.5) is 11.4 Å². The molecule has 2 aromatic carbocycles. The van der Waals surface area contributed by atoms with Gasteiger partial charge in [0.1, 0.15) is 12.3 Å². The van der Waals surface area contributed by atoms with Crippen LogP contribution in [-0.4, -0.2) is 55.1 Å². The first-order valence-electron chi connectivity index (χ1n) is 10.1. The number of hydrogen-bond acceptors (Lipinski definition) is 6. The van der Waals surface area contributed by atoms with E-state index in [1.165, 1.54) is 6.07 Å². The number of carbonyl (C=O) groups excluding carboxylic acids is 1. The summed E-state index contributed by atoms with van der Waals surface area (Å²) in [6, 6.07) is 14.3. The van der Waals surface area contributed by atoms with Crippen molar-refractivity contribution in [2.24, 2.45) is 5.92 Å². The number of carbonyl (C=O) groups is 1. The molecule has 30 heavy (non-hydrogen) atoms. The molecule has 1 fully saturated rings. The lowest BCUT2D eigenvalue weighted by molar-refractivity contribution is -0.384. The predicted octanol–water partition coefficient (Wildman–Crippen LogP) is 3.11. The molecule has 2 aromatic rings. The smallest absolute Gasteiger partial charge is 0.292 e. The van der Waals surface area contributed by atoms with Gasteiger partial charge in [-0.05, 0) is 31.0 Å². The highest BCUT2D eigenvalue weighted by atomic mass is 16.6. The fourth-order valence-corrected chi connectivity index (χ4v) is 4.11. The summed E-state index contributed by atoms with van der Waals surface area (Å²) < 4.78 is 11.7. The van der Waals surface area contributed by atoms with Gasteiger partial charge in [0.15, 0.2) is 17.6 Å². The van der Waals surface area contributed by atoms with Crippen LogP contribution in [0.2, 0.25) is 0 Å². The molecule has 0 N–H and O–H groups in total. The molecule has 1 saturated heterocycles. The average Bonchev–Trinajstić information content (AvgIpc) is 2.78. The Balaban J connectivity index is 1.32. The summed E-state index contributed by atoms with van der Waals surface area (Å²) in [6.07, 6.45) is 1.13. The van der Waals surface area contributed by atoms with Crippen molar-refractivity contribution in [1.82, 2.24) is 4.90 Å². The largest absolute Gasteiger partial charge is 0.486 e. The molecule has 8 heteroatoms. The fraction of sp³-hybridized carbons (Fsp3) is 0.409. The highest BCUT2D eigenvalue weighted by Crippen LogP contribution is 2.33.